The summed E-state index contributed by atoms with van der Waals surface area (Å²) in [7, 11) is 3.88. The fourth-order valence-corrected chi connectivity index (χ4v) is 3.64. The first kappa shape index (κ1) is 22.2. The molecule has 6 heteroatoms. The maximum absolute atomic E-state index is 11.6. The van der Waals surface area contributed by atoms with Crippen LogP contribution in [0, 0.1) is 5.92 Å². The average Bonchev–Trinajstić information content (AvgIpc) is 2.71. The highest BCUT2D eigenvalue weighted by Crippen LogP contribution is 2.20. The zero-order valence-electron chi connectivity index (χ0n) is 17.8. The number of hydrogen-bond donors (Lipinski definition) is 2. The number of guanidine groups is 1. The first-order valence-corrected chi connectivity index (χ1v) is 10.6. The molecule has 0 unspecified atom stereocenters. The highest BCUT2D eigenvalue weighted by atomic mass is 16.1. The van der Waals surface area contributed by atoms with Gasteiger partial charge in [0.15, 0.2) is 5.96 Å². The van der Waals surface area contributed by atoms with Gasteiger partial charge in [0.2, 0.25) is 5.91 Å². The summed E-state index contributed by atoms with van der Waals surface area (Å²) < 4.78 is 0. The molecular weight excluding hydrogens is 350 g/mol. The number of nitrogens with one attached hydrogen (secondary N) is 2. The summed E-state index contributed by atoms with van der Waals surface area (Å²) in [5.74, 6) is 1.66. The Morgan fingerprint density at radius 2 is 1.96 bits per heavy atom. The molecule has 2 rings (SSSR count). The summed E-state index contributed by atoms with van der Waals surface area (Å²) in [4.78, 5) is 21.1. The van der Waals surface area contributed by atoms with Gasteiger partial charge < -0.3 is 20.4 Å². The molecule has 1 heterocycles. The van der Waals surface area contributed by atoms with Crippen LogP contribution in [0.25, 0.3) is 0 Å². The second-order valence-electron chi connectivity index (χ2n) is 7.62. The van der Waals surface area contributed by atoms with Crippen molar-refractivity contribution < 1.29 is 4.79 Å². The third-order valence-corrected chi connectivity index (χ3v) is 5.26. The zero-order valence-corrected chi connectivity index (χ0v) is 17.8. The first-order valence-electron chi connectivity index (χ1n) is 10.6. The maximum Gasteiger partial charge on any atom is 0.220 e. The van der Waals surface area contributed by atoms with Gasteiger partial charge in [0.1, 0.15) is 0 Å². The molecule has 0 spiro atoms. The van der Waals surface area contributed by atoms with Gasteiger partial charge in [-0.25, -0.2) is 0 Å². The van der Waals surface area contributed by atoms with Crippen LogP contribution < -0.4 is 10.6 Å². The lowest BCUT2D eigenvalue weighted by Gasteiger charge is -2.34. The molecule has 1 aliphatic heterocycles. The van der Waals surface area contributed by atoms with Crippen LogP contribution in [0.1, 0.15) is 38.2 Å². The van der Waals surface area contributed by atoms with E-state index >= 15 is 0 Å². The number of carbonyl (C=O) groups is 1. The highest BCUT2D eigenvalue weighted by Gasteiger charge is 2.22. The molecule has 1 saturated heterocycles. The van der Waals surface area contributed by atoms with Crippen molar-refractivity contribution in [1.29, 1.82) is 0 Å². The van der Waals surface area contributed by atoms with E-state index in [0.717, 1.165) is 64.5 Å². The van der Waals surface area contributed by atoms with Crippen molar-refractivity contribution in [3.8, 4) is 0 Å². The minimum absolute atomic E-state index is 0.152. The summed E-state index contributed by atoms with van der Waals surface area (Å²) in [5, 5.41) is 6.16. The van der Waals surface area contributed by atoms with E-state index in [1.165, 1.54) is 5.56 Å². The third kappa shape index (κ3) is 7.89. The molecule has 0 aliphatic carbocycles. The molecule has 156 valence electrons. The second kappa shape index (κ2) is 12.4. The summed E-state index contributed by atoms with van der Waals surface area (Å²) in [5.41, 5.74) is 1.35. The van der Waals surface area contributed by atoms with Crippen molar-refractivity contribution in [2.75, 3.05) is 46.8 Å². The highest BCUT2D eigenvalue weighted by molar-refractivity contribution is 5.80. The van der Waals surface area contributed by atoms with Crippen molar-refractivity contribution in [3.63, 3.8) is 0 Å². The van der Waals surface area contributed by atoms with Crippen molar-refractivity contribution in [2.24, 2.45) is 10.9 Å². The molecule has 1 aromatic rings. The second-order valence-corrected chi connectivity index (χ2v) is 7.62. The van der Waals surface area contributed by atoms with Gasteiger partial charge in [-0.15, -0.1) is 0 Å². The number of hydrogen-bond acceptors (Lipinski definition) is 3. The number of likely N-dealkylation sites (tertiary alicyclic amines) is 1. The Bertz CT molecular complexity index is 596. The van der Waals surface area contributed by atoms with Gasteiger partial charge in [-0.05, 0) is 51.3 Å². The largest absolute Gasteiger partial charge is 0.359 e. The van der Waals surface area contributed by atoms with Crippen LogP contribution in [-0.4, -0.2) is 68.5 Å². The summed E-state index contributed by atoms with van der Waals surface area (Å²) in [6.45, 7) is 7.78. The fourth-order valence-electron chi connectivity index (χ4n) is 3.64. The Kier molecular flexibility index (Phi) is 9.83. The molecule has 0 bridgehead atoms. The van der Waals surface area contributed by atoms with Crippen molar-refractivity contribution in [2.45, 2.75) is 39.2 Å². The molecule has 1 aliphatic rings. The van der Waals surface area contributed by atoms with E-state index in [2.05, 4.69) is 64.7 Å². The Morgan fingerprint density at radius 3 is 2.61 bits per heavy atom. The minimum Gasteiger partial charge on any atom is -0.359 e. The van der Waals surface area contributed by atoms with Crippen molar-refractivity contribution in [1.82, 2.24) is 20.4 Å². The molecule has 0 aromatic heterocycles. The zero-order chi connectivity index (χ0) is 20.2. The standard InChI is InChI=1S/C22H37N5O/c1-4-24-22(27-15-11-19(12-16-27)17-21(28)23-2)25-13-8-14-26(3)18-20-9-6-5-7-10-20/h5-7,9-10,19H,4,8,11-18H2,1-3H3,(H,23,28)(H,24,25). The molecule has 0 saturated carbocycles. The van der Waals surface area contributed by atoms with Crippen LogP contribution in [0.3, 0.4) is 0 Å². The van der Waals surface area contributed by atoms with Gasteiger partial charge in [-0.3, -0.25) is 9.79 Å². The Balaban J connectivity index is 1.73. The molecule has 2 N–H and O–H groups in total. The average molecular weight is 388 g/mol. The number of carbonyl (C=O) groups excluding carboxylic acids is 1. The molecule has 28 heavy (non-hydrogen) atoms. The SMILES string of the molecule is CCNC(=NCCCN(C)Cc1ccccc1)N1CCC(CC(=O)NC)CC1. The number of nitrogens with zero attached hydrogens (tertiary/aromatic N) is 3. The number of benzene rings is 1. The van der Waals surface area contributed by atoms with Gasteiger partial charge in [0, 0.05) is 46.2 Å². The molecule has 0 radical (unpaired) electrons. The van der Waals surface area contributed by atoms with E-state index < -0.39 is 0 Å². The van der Waals surface area contributed by atoms with Gasteiger partial charge in [0.05, 0.1) is 0 Å². The topological polar surface area (TPSA) is 60.0 Å². The molecule has 1 amide bonds. The van der Waals surface area contributed by atoms with Crippen LogP contribution in [0.5, 0.6) is 0 Å². The van der Waals surface area contributed by atoms with Crippen LogP contribution in [0.15, 0.2) is 35.3 Å². The summed E-state index contributed by atoms with van der Waals surface area (Å²) in [6.07, 6.45) is 3.80. The van der Waals surface area contributed by atoms with E-state index in [0.29, 0.717) is 12.3 Å². The number of rotatable bonds is 9. The van der Waals surface area contributed by atoms with E-state index in [1.807, 2.05) is 0 Å². The summed E-state index contributed by atoms with van der Waals surface area (Å²) >= 11 is 0. The number of piperidine rings is 1. The lowest BCUT2D eigenvalue weighted by Crippen LogP contribution is -2.46. The van der Waals surface area contributed by atoms with E-state index in [4.69, 9.17) is 4.99 Å². The molecule has 1 fully saturated rings. The van der Waals surface area contributed by atoms with Gasteiger partial charge >= 0.3 is 0 Å². The molecule has 0 atom stereocenters. The predicted molar refractivity (Wildman–Crippen MR) is 116 cm³/mol. The normalized spacial score (nSPS) is 15.7. The minimum atomic E-state index is 0.152. The number of amides is 1. The monoisotopic (exact) mass is 387 g/mol. The molecule has 6 nitrogen and oxygen atoms in total. The maximum atomic E-state index is 11.6. The smallest absolute Gasteiger partial charge is 0.220 e. The Hall–Kier alpha value is -2.08. The van der Waals surface area contributed by atoms with Crippen LogP contribution in [0.4, 0.5) is 0 Å². The van der Waals surface area contributed by atoms with E-state index in [9.17, 15) is 4.79 Å². The molecular formula is C22H37N5O. The number of aliphatic imine (C=N–C) groups is 1. The van der Waals surface area contributed by atoms with E-state index in [-0.39, 0.29) is 5.91 Å². The first-order chi connectivity index (χ1) is 13.6. The van der Waals surface area contributed by atoms with Gasteiger partial charge in [-0.2, -0.15) is 0 Å². The lowest BCUT2D eigenvalue weighted by molar-refractivity contribution is -0.121. The fraction of sp³-hybridized carbons (Fsp3) is 0.636. The Labute approximate surface area is 170 Å². The van der Waals surface area contributed by atoms with Crippen LogP contribution >= 0.6 is 0 Å². The van der Waals surface area contributed by atoms with Crippen LogP contribution in [-0.2, 0) is 11.3 Å². The quantitative estimate of drug-likeness (QED) is 0.388. The van der Waals surface area contributed by atoms with Crippen molar-refractivity contribution in [3.05, 3.63) is 35.9 Å². The van der Waals surface area contributed by atoms with Crippen molar-refractivity contribution >= 4 is 11.9 Å². The Morgan fingerprint density at radius 1 is 1.25 bits per heavy atom. The van der Waals surface area contributed by atoms with E-state index in [1.54, 1.807) is 7.05 Å². The summed E-state index contributed by atoms with van der Waals surface area (Å²) in [6, 6.07) is 10.6. The third-order valence-electron chi connectivity index (χ3n) is 5.26. The van der Waals surface area contributed by atoms with Gasteiger partial charge in [-0.1, -0.05) is 30.3 Å². The lowest BCUT2D eigenvalue weighted by atomic mass is 9.93. The van der Waals surface area contributed by atoms with Crippen LogP contribution in [0.2, 0.25) is 0 Å². The predicted octanol–water partition coefficient (Wildman–Crippen LogP) is 2.32. The molecule has 1 aromatic carbocycles. The van der Waals surface area contributed by atoms with Gasteiger partial charge in [0.25, 0.3) is 0 Å².